The van der Waals surface area contributed by atoms with Gasteiger partial charge in [0.05, 0.1) is 6.04 Å². The average Bonchev–Trinajstić information content (AvgIpc) is 3.36. The van der Waals surface area contributed by atoms with Crippen molar-refractivity contribution < 1.29 is 0 Å². The molecular formula is C58H48N6. The van der Waals surface area contributed by atoms with Crippen molar-refractivity contribution in [3.8, 4) is 22.8 Å². The quantitative estimate of drug-likeness (QED) is 0.102. The Hall–Kier alpha value is -8.35. The SMILES string of the molecule is C=C(/C=C\C=C/C)N(c1ccccc1)C1C=CC(c2nc(-c3ccc(N(c4ccccc4)c4ccccc4)cc3)nc(-c3ccc(N(c4ccccc4)c4ccccc4)cc3)n2)=CC1. The van der Waals surface area contributed by atoms with Gasteiger partial charge in [0.1, 0.15) is 0 Å². The fourth-order valence-corrected chi connectivity index (χ4v) is 7.97. The molecular weight excluding hydrogens is 781 g/mol. The molecule has 6 nitrogen and oxygen atoms in total. The number of hydrogen-bond donors (Lipinski definition) is 0. The highest BCUT2D eigenvalue weighted by molar-refractivity contribution is 5.80. The number of anilines is 7. The zero-order valence-electron chi connectivity index (χ0n) is 35.8. The van der Waals surface area contributed by atoms with Crippen LogP contribution in [-0.4, -0.2) is 21.0 Å². The fourth-order valence-electron chi connectivity index (χ4n) is 7.97. The molecule has 1 aliphatic carbocycles. The predicted molar refractivity (Wildman–Crippen MR) is 268 cm³/mol. The Morgan fingerprint density at radius 3 is 1.22 bits per heavy atom. The number of para-hydroxylation sites is 5. The van der Waals surface area contributed by atoms with E-state index in [1.807, 2.05) is 55.5 Å². The lowest BCUT2D eigenvalue weighted by atomic mass is 9.99. The summed E-state index contributed by atoms with van der Waals surface area (Å²) in [4.78, 5) is 22.3. The second kappa shape index (κ2) is 19.6. The Kier molecular flexibility index (Phi) is 12.5. The van der Waals surface area contributed by atoms with Crippen LogP contribution in [0.5, 0.6) is 0 Å². The van der Waals surface area contributed by atoms with E-state index in [2.05, 4.69) is 215 Å². The number of rotatable bonds is 14. The van der Waals surface area contributed by atoms with E-state index < -0.39 is 0 Å². The van der Waals surface area contributed by atoms with E-state index >= 15 is 0 Å². The molecule has 0 fully saturated rings. The molecule has 64 heavy (non-hydrogen) atoms. The second-order valence-corrected chi connectivity index (χ2v) is 15.3. The summed E-state index contributed by atoms with van der Waals surface area (Å²) in [6.07, 6.45) is 15.4. The Bertz CT molecular complexity index is 2690. The summed E-state index contributed by atoms with van der Waals surface area (Å²) in [7, 11) is 0. The molecule has 0 radical (unpaired) electrons. The zero-order valence-corrected chi connectivity index (χ0v) is 35.8. The van der Waals surface area contributed by atoms with Crippen molar-refractivity contribution in [1.29, 1.82) is 0 Å². The van der Waals surface area contributed by atoms with E-state index in [-0.39, 0.29) is 6.04 Å². The number of hydrogen-bond acceptors (Lipinski definition) is 6. The van der Waals surface area contributed by atoms with Gasteiger partial charge in [-0.3, -0.25) is 0 Å². The van der Waals surface area contributed by atoms with Crippen LogP contribution in [0, 0.1) is 0 Å². The summed E-state index contributed by atoms with van der Waals surface area (Å²) in [5, 5.41) is 0. The molecule has 0 spiro atoms. The normalized spacial score (nSPS) is 13.5. The lowest BCUT2D eigenvalue weighted by Gasteiger charge is -2.33. The molecule has 8 aromatic rings. The molecule has 0 saturated carbocycles. The highest BCUT2D eigenvalue weighted by Crippen LogP contribution is 2.38. The smallest absolute Gasteiger partial charge is 0.164 e. The van der Waals surface area contributed by atoms with Crippen molar-refractivity contribution in [1.82, 2.24) is 15.0 Å². The monoisotopic (exact) mass is 828 g/mol. The van der Waals surface area contributed by atoms with Gasteiger partial charge in [-0.05, 0) is 129 Å². The molecule has 9 rings (SSSR count). The van der Waals surface area contributed by atoms with Crippen LogP contribution in [0.25, 0.3) is 28.3 Å². The van der Waals surface area contributed by atoms with Crippen LogP contribution < -0.4 is 14.7 Å². The molecule has 0 saturated heterocycles. The van der Waals surface area contributed by atoms with Crippen LogP contribution >= 0.6 is 0 Å². The van der Waals surface area contributed by atoms with Gasteiger partial charge in [0.25, 0.3) is 0 Å². The Labute approximate surface area is 376 Å². The predicted octanol–water partition coefficient (Wildman–Crippen LogP) is 15.0. The van der Waals surface area contributed by atoms with Crippen LogP contribution in [0.15, 0.2) is 255 Å². The maximum absolute atomic E-state index is 5.17. The summed E-state index contributed by atoms with van der Waals surface area (Å²) in [6.45, 7) is 6.47. The minimum Gasteiger partial charge on any atom is -0.335 e. The summed E-state index contributed by atoms with van der Waals surface area (Å²) in [5.41, 5.74) is 11.1. The molecule has 0 N–H and O–H groups in total. The summed E-state index contributed by atoms with van der Waals surface area (Å²) >= 11 is 0. The number of aromatic nitrogens is 3. The summed E-state index contributed by atoms with van der Waals surface area (Å²) < 4.78 is 0. The average molecular weight is 829 g/mol. The van der Waals surface area contributed by atoms with E-state index in [4.69, 9.17) is 15.0 Å². The molecule has 7 aromatic carbocycles. The first-order chi connectivity index (χ1) is 31.6. The Morgan fingerprint density at radius 2 is 0.844 bits per heavy atom. The lowest BCUT2D eigenvalue weighted by molar-refractivity contribution is 0.765. The Balaban J connectivity index is 1.09. The van der Waals surface area contributed by atoms with Crippen molar-refractivity contribution >= 4 is 45.4 Å². The van der Waals surface area contributed by atoms with Gasteiger partial charge in [0.2, 0.25) is 0 Å². The van der Waals surface area contributed by atoms with Gasteiger partial charge in [-0.2, -0.15) is 0 Å². The minimum atomic E-state index is 0.0455. The minimum absolute atomic E-state index is 0.0455. The molecule has 310 valence electrons. The van der Waals surface area contributed by atoms with Crippen molar-refractivity contribution in [2.24, 2.45) is 0 Å². The first-order valence-corrected chi connectivity index (χ1v) is 21.6. The van der Waals surface area contributed by atoms with E-state index in [0.717, 1.165) is 68.6 Å². The van der Waals surface area contributed by atoms with Gasteiger partial charge in [-0.15, -0.1) is 0 Å². The number of allylic oxidation sites excluding steroid dienone is 6. The molecule has 0 amide bonds. The lowest BCUT2D eigenvalue weighted by Crippen LogP contribution is -2.33. The fraction of sp³-hybridized carbons (Fsp3) is 0.0517. The van der Waals surface area contributed by atoms with Gasteiger partial charge in [0, 0.05) is 62.2 Å². The number of benzene rings is 7. The first kappa shape index (κ1) is 41.0. The van der Waals surface area contributed by atoms with Gasteiger partial charge >= 0.3 is 0 Å². The van der Waals surface area contributed by atoms with Crippen LogP contribution in [0.4, 0.5) is 39.8 Å². The highest BCUT2D eigenvalue weighted by Gasteiger charge is 2.23. The first-order valence-electron chi connectivity index (χ1n) is 21.6. The maximum atomic E-state index is 5.17. The van der Waals surface area contributed by atoms with Crippen molar-refractivity contribution in [2.45, 2.75) is 19.4 Å². The zero-order chi connectivity index (χ0) is 43.5. The molecule has 1 aliphatic rings. The third-order valence-corrected chi connectivity index (χ3v) is 11.1. The van der Waals surface area contributed by atoms with Crippen molar-refractivity contribution in [2.75, 3.05) is 14.7 Å². The second-order valence-electron chi connectivity index (χ2n) is 15.3. The molecule has 1 atom stereocenters. The summed E-state index contributed by atoms with van der Waals surface area (Å²) in [5.74, 6) is 1.81. The van der Waals surface area contributed by atoms with E-state index in [9.17, 15) is 0 Å². The highest BCUT2D eigenvalue weighted by atomic mass is 15.2. The molecule has 1 aromatic heterocycles. The van der Waals surface area contributed by atoms with Crippen LogP contribution in [0.2, 0.25) is 0 Å². The molecule has 1 unspecified atom stereocenters. The van der Waals surface area contributed by atoms with Crippen LogP contribution in [0.1, 0.15) is 19.2 Å². The molecule has 0 aliphatic heterocycles. The Morgan fingerprint density at radius 1 is 0.469 bits per heavy atom. The van der Waals surface area contributed by atoms with Gasteiger partial charge in [-0.25, -0.2) is 15.0 Å². The largest absolute Gasteiger partial charge is 0.335 e. The van der Waals surface area contributed by atoms with Crippen LogP contribution in [-0.2, 0) is 0 Å². The van der Waals surface area contributed by atoms with Gasteiger partial charge < -0.3 is 14.7 Å². The van der Waals surface area contributed by atoms with Gasteiger partial charge in [0.15, 0.2) is 17.5 Å². The third-order valence-electron chi connectivity index (χ3n) is 11.1. The molecule has 6 heteroatoms. The standard InChI is InChI=1S/C58H48N6/c1-3-4-10-21-44(2)62(48-22-11-5-12-23-48)53-38-32-45(33-39-53)56-59-57(46-34-40-54(41-35-46)63(49-24-13-6-14-25-49)50-26-15-7-16-27-50)61-58(60-56)47-36-42-55(43-37-47)64(51-28-17-8-18-29-51)52-30-19-9-20-31-52/h3-38,40-43,53H,2,39H2,1H3/b4-3-,21-10-. The van der Waals surface area contributed by atoms with Crippen molar-refractivity contribution in [3.05, 3.63) is 261 Å². The van der Waals surface area contributed by atoms with Crippen LogP contribution in [0.3, 0.4) is 0 Å². The maximum Gasteiger partial charge on any atom is 0.164 e. The number of nitrogens with zero attached hydrogens (tertiary/aromatic N) is 6. The third kappa shape index (κ3) is 9.27. The van der Waals surface area contributed by atoms with E-state index in [1.165, 1.54) is 0 Å². The van der Waals surface area contributed by atoms with E-state index in [0.29, 0.717) is 17.5 Å². The summed E-state index contributed by atoms with van der Waals surface area (Å²) in [6, 6.07) is 69.1. The van der Waals surface area contributed by atoms with Crippen molar-refractivity contribution in [3.63, 3.8) is 0 Å². The van der Waals surface area contributed by atoms with E-state index in [1.54, 1.807) is 0 Å². The molecule has 0 bridgehead atoms. The topological polar surface area (TPSA) is 48.4 Å². The van der Waals surface area contributed by atoms with Gasteiger partial charge in [-0.1, -0.05) is 134 Å². The molecule has 1 heterocycles.